The SMILES string of the molecule is COc1cccc([N+](=O)[O-])c1C(=O)NCC(C)(C)CO. The third-order valence-electron chi connectivity index (χ3n) is 2.80. The van der Waals surface area contributed by atoms with Crippen LogP contribution in [-0.2, 0) is 0 Å². The van der Waals surface area contributed by atoms with Gasteiger partial charge in [-0.2, -0.15) is 0 Å². The minimum atomic E-state index is -0.630. The molecule has 0 aromatic heterocycles. The molecule has 1 aromatic carbocycles. The van der Waals surface area contributed by atoms with Crippen molar-refractivity contribution in [2.45, 2.75) is 13.8 Å². The van der Waals surface area contributed by atoms with Crippen LogP contribution in [0.5, 0.6) is 5.75 Å². The van der Waals surface area contributed by atoms with Gasteiger partial charge in [0.05, 0.1) is 12.0 Å². The summed E-state index contributed by atoms with van der Waals surface area (Å²) >= 11 is 0. The molecule has 0 aliphatic carbocycles. The zero-order valence-corrected chi connectivity index (χ0v) is 11.7. The van der Waals surface area contributed by atoms with E-state index in [2.05, 4.69) is 5.32 Å². The lowest BCUT2D eigenvalue weighted by Gasteiger charge is -2.22. The van der Waals surface area contributed by atoms with Gasteiger partial charge in [0.25, 0.3) is 11.6 Å². The largest absolute Gasteiger partial charge is 0.496 e. The number of methoxy groups -OCH3 is 1. The van der Waals surface area contributed by atoms with Crippen LogP contribution in [0, 0.1) is 15.5 Å². The van der Waals surface area contributed by atoms with Crippen molar-refractivity contribution in [3.63, 3.8) is 0 Å². The average Bonchev–Trinajstić information content (AvgIpc) is 2.43. The number of nitrogens with zero attached hydrogens (tertiary/aromatic N) is 1. The standard InChI is InChI=1S/C13H18N2O5/c1-13(2,8-16)7-14-12(17)11-9(15(18)19)5-4-6-10(11)20-3/h4-6,16H,7-8H2,1-3H3,(H,14,17). The lowest BCUT2D eigenvalue weighted by Crippen LogP contribution is -2.36. The van der Waals surface area contributed by atoms with Gasteiger partial charge in [-0.05, 0) is 6.07 Å². The number of nitro benzene ring substituents is 1. The molecule has 20 heavy (non-hydrogen) atoms. The number of ether oxygens (including phenoxy) is 1. The molecule has 1 rings (SSSR count). The second-order valence-electron chi connectivity index (χ2n) is 5.12. The van der Waals surface area contributed by atoms with Crippen LogP contribution in [0.3, 0.4) is 0 Å². The number of hydrogen-bond donors (Lipinski definition) is 2. The lowest BCUT2D eigenvalue weighted by atomic mass is 9.95. The van der Waals surface area contributed by atoms with Crippen molar-refractivity contribution in [2.75, 3.05) is 20.3 Å². The van der Waals surface area contributed by atoms with Gasteiger partial charge in [-0.25, -0.2) is 0 Å². The molecule has 0 atom stereocenters. The third-order valence-corrected chi connectivity index (χ3v) is 2.80. The highest BCUT2D eigenvalue weighted by Gasteiger charge is 2.26. The molecule has 1 aromatic rings. The summed E-state index contributed by atoms with van der Waals surface area (Å²) in [4.78, 5) is 22.5. The molecule has 2 N–H and O–H groups in total. The van der Waals surface area contributed by atoms with Gasteiger partial charge < -0.3 is 15.2 Å². The molecule has 7 nitrogen and oxygen atoms in total. The molecule has 110 valence electrons. The quantitative estimate of drug-likeness (QED) is 0.605. The fourth-order valence-corrected chi connectivity index (χ4v) is 1.53. The van der Waals surface area contributed by atoms with Crippen LogP contribution in [0.2, 0.25) is 0 Å². The Morgan fingerprint density at radius 1 is 1.50 bits per heavy atom. The molecule has 0 aliphatic rings. The lowest BCUT2D eigenvalue weighted by molar-refractivity contribution is -0.385. The van der Waals surface area contributed by atoms with E-state index in [-0.39, 0.29) is 30.2 Å². The minimum absolute atomic E-state index is 0.110. The van der Waals surface area contributed by atoms with Crippen LogP contribution in [0.1, 0.15) is 24.2 Å². The van der Waals surface area contributed by atoms with Crippen molar-refractivity contribution < 1.29 is 19.6 Å². The average molecular weight is 282 g/mol. The Bertz CT molecular complexity index is 513. The van der Waals surface area contributed by atoms with E-state index in [1.54, 1.807) is 13.8 Å². The smallest absolute Gasteiger partial charge is 0.285 e. The van der Waals surface area contributed by atoms with Crippen molar-refractivity contribution in [1.29, 1.82) is 0 Å². The maximum absolute atomic E-state index is 12.1. The van der Waals surface area contributed by atoms with E-state index in [9.17, 15) is 14.9 Å². The zero-order valence-electron chi connectivity index (χ0n) is 11.7. The highest BCUT2D eigenvalue weighted by atomic mass is 16.6. The first kappa shape index (κ1) is 15.9. The molecule has 0 saturated carbocycles. The molecule has 0 radical (unpaired) electrons. The molecule has 0 saturated heterocycles. The normalized spacial score (nSPS) is 11.0. The number of amides is 1. The number of nitrogens with one attached hydrogen (secondary N) is 1. The second kappa shape index (κ2) is 6.33. The van der Waals surface area contributed by atoms with Crippen molar-refractivity contribution >= 4 is 11.6 Å². The van der Waals surface area contributed by atoms with Crippen LogP contribution in [0.25, 0.3) is 0 Å². The highest BCUT2D eigenvalue weighted by Crippen LogP contribution is 2.28. The summed E-state index contributed by atoms with van der Waals surface area (Å²) in [6.45, 7) is 3.62. The zero-order chi connectivity index (χ0) is 15.3. The molecule has 0 bridgehead atoms. The van der Waals surface area contributed by atoms with Gasteiger partial charge in [0, 0.05) is 24.6 Å². The summed E-state index contributed by atoms with van der Waals surface area (Å²) in [6, 6.07) is 4.18. The molecular weight excluding hydrogens is 264 g/mol. The van der Waals surface area contributed by atoms with E-state index in [0.717, 1.165) is 0 Å². The topological polar surface area (TPSA) is 102 Å². The fourth-order valence-electron chi connectivity index (χ4n) is 1.53. The molecule has 7 heteroatoms. The van der Waals surface area contributed by atoms with Crippen LogP contribution < -0.4 is 10.1 Å². The monoisotopic (exact) mass is 282 g/mol. The number of aliphatic hydroxyl groups is 1. The Labute approximate surface area is 116 Å². The number of carbonyl (C=O) groups excluding carboxylic acids is 1. The minimum Gasteiger partial charge on any atom is -0.496 e. The summed E-state index contributed by atoms with van der Waals surface area (Å²) < 4.78 is 5.00. The van der Waals surface area contributed by atoms with Crippen LogP contribution >= 0.6 is 0 Å². The second-order valence-corrected chi connectivity index (χ2v) is 5.12. The number of benzene rings is 1. The number of aliphatic hydroxyl groups excluding tert-OH is 1. The number of rotatable bonds is 6. The molecule has 0 aliphatic heterocycles. The van der Waals surface area contributed by atoms with Gasteiger partial charge in [0.1, 0.15) is 5.75 Å². The maximum atomic E-state index is 12.1. The number of nitro groups is 1. The van der Waals surface area contributed by atoms with E-state index in [1.165, 1.54) is 25.3 Å². The maximum Gasteiger partial charge on any atom is 0.285 e. The van der Waals surface area contributed by atoms with E-state index < -0.39 is 16.2 Å². The Kier molecular flexibility index (Phi) is 5.04. The molecule has 0 spiro atoms. The van der Waals surface area contributed by atoms with Gasteiger partial charge in [0.15, 0.2) is 5.56 Å². The highest BCUT2D eigenvalue weighted by molar-refractivity contribution is 6.00. The van der Waals surface area contributed by atoms with Crippen molar-refractivity contribution in [1.82, 2.24) is 5.32 Å². The summed E-state index contributed by atoms with van der Waals surface area (Å²) in [5.74, 6) is -0.464. The first-order chi connectivity index (χ1) is 9.32. The Hall–Kier alpha value is -2.15. The number of hydrogen-bond acceptors (Lipinski definition) is 5. The van der Waals surface area contributed by atoms with Gasteiger partial charge in [-0.3, -0.25) is 14.9 Å². The predicted molar refractivity (Wildman–Crippen MR) is 72.8 cm³/mol. The molecule has 0 fully saturated rings. The van der Waals surface area contributed by atoms with Gasteiger partial charge in [-0.1, -0.05) is 19.9 Å². The molecule has 0 unspecified atom stereocenters. The van der Waals surface area contributed by atoms with E-state index in [1.807, 2.05) is 0 Å². The van der Waals surface area contributed by atoms with E-state index >= 15 is 0 Å². The Balaban J connectivity index is 3.05. The Morgan fingerprint density at radius 3 is 2.65 bits per heavy atom. The predicted octanol–water partition coefficient (Wildman–Crippen LogP) is 1.35. The van der Waals surface area contributed by atoms with E-state index in [4.69, 9.17) is 9.84 Å². The van der Waals surface area contributed by atoms with Crippen molar-refractivity contribution in [3.05, 3.63) is 33.9 Å². The van der Waals surface area contributed by atoms with Gasteiger partial charge in [-0.15, -0.1) is 0 Å². The van der Waals surface area contributed by atoms with E-state index in [0.29, 0.717) is 0 Å². The first-order valence-corrected chi connectivity index (χ1v) is 6.03. The third kappa shape index (κ3) is 3.67. The van der Waals surface area contributed by atoms with Gasteiger partial charge >= 0.3 is 0 Å². The van der Waals surface area contributed by atoms with Crippen LogP contribution in [0.4, 0.5) is 5.69 Å². The molecule has 0 heterocycles. The molecule has 1 amide bonds. The summed E-state index contributed by atoms with van der Waals surface area (Å²) in [5.41, 5.74) is -0.940. The van der Waals surface area contributed by atoms with Crippen LogP contribution in [0.15, 0.2) is 18.2 Å². The van der Waals surface area contributed by atoms with Crippen molar-refractivity contribution in [2.24, 2.45) is 5.41 Å². The summed E-state index contributed by atoms with van der Waals surface area (Å²) in [6.07, 6.45) is 0. The Morgan fingerprint density at radius 2 is 2.15 bits per heavy atom. The van der Waals surface area contributed by atoms with Gasteiger partial charge in [0.2, 0.25) is 0 Å². The fraction of sp³-hybridized carbons (Fsp3) is 0.462. The first-order valence-electron chi connectivity index (χ1n) is 6.03. The van der Waals surface area contributed by atoms with Crippen molar-refractivity contribution in [3.8, 4) is 5.75 Å². The summed E-state index contributed by atoms with van der Waals surface area (Å²) in [5, 5.41) is 22.7. The number of carbonyl (C=O) groups is 1. The summed E-state index contributed by atoms with van der Waals surface area (Å²) in [7, 11) is 1.34. The molecular formula is C13H18N2O5. The van der Waals surface area contributed by atoms with Crippen LogP contribution in [-0.4, -0.2) is 36.2 Å².